The maximum Gasteiger partial charge on any atom is 0.337 e. The number of nitrogens with one attached hydrogen (secondary N) is 1. The van der Waals surface area contributed by atoms with Crippen molar-refractivity contribution in [1.29, 1.82) is 0 Å². The molecule has 1 atom stereocenters. The van der Waals surface area contributed by atoms with Gasteiger partial charge in [0.15, 0.2) is 0 Å². The predicted molar refractivity (Wildman–Crippen MR) is 71.7 cm³/mol. The average molecular weight is 255 g/mol. The fourth-order valence-corrected chi connectivity index (χ4v) is 1.94. The van der Waals surface area contributed by atoms with Gasteiger partial charge in [-0.2, -0.15) is 11.8 Å². The van der Waals surface area contributed by atoms with Gasteiger partial charge in [0.25, 0.3) is 0 Å². The molecule has 6 heteroatoms. The summed E-state index contributed by atoms with van der Waals surface area (Å²) < 4.78 is 0. The van der Waals surface area contributed by atoms with E-state index in [2.05, 4.69) is 16.6 Å². The second kappa shape index (κ2) is 6.34. The quantitative estimate of drug-likeness (QED) is 0.719. The molecule has 1 aromatic rings. The summed E-state index contributed by atoms with van der Waals surface area (Å²) in [5.74, 6) is 0.560. The van der Waals surface area contributed by atoms with Gasteiger partial charge in [-0.3, -0.25) is 0 Å². The highest BCUT2D eigenvalue weighted by Gasteiger charge is 2.10. The van der Waals surface area contributed by atoms with E-state index in [0.717, 1.165) is 12.2 Å². The summed E-state index contributed by atoms with van der Waals surface area (Å²) in [6, 6.07) is 1.72. The molecule has 0 fully saturated rings. The van der Waals surface area contributed by atoms with Gasteiger partial charge < -0.3 is 16.2 Å². The van der Waals surface area contributed by atoms with Gasteiger partial charge >= 0.3 is 5.97 Å². The van der Waals surface area contributed by atoms with Gasteiger partial charge in [-0.15, -0.1) is 0 Å². The van der Waals surface area contributed by atoms with Crippen LogP contribution >= 0.6 is 11.8 Å². The van der Waals surface area contributed by atoms with Crippen molar-refractivity contribution >= 4 is 29.2 Å². The molecule has 1 aromatic heterocycles. The standard InChI is InChI=1S/C11H17N3O2S/c1-7(3-4-17-2)14-10-5-8(11(15)16)9(12)6-13-10/h5-7H,3-4,12H2,1-2H3,(H,13,14)(H,15,16). The third-order valence-electron chi connectivity index (χ3n) is 2.31. The number of rotatable bonds is 6. The van der Waals surface area contributed by atoms with Gasteiger partial charge in [0.05, 0.1) is 17.4 Å². The van der Waals surface area contributed by atoms with E-state index in [4.69, 9.17) is 10.8 Å². The van der Waals surface area contributed by atoms with Crippen LogP contribution < -0.4 is 11.1 Å². The van der Waals surface area contributed by atoms with E-state index in [1.807, 2.05) is 6.92 Å². The molecule has 5 nitrogen and oxygen atoms in total. The molecule has 94 valence electrons. The Hall–Kier alpha value is -1.43. The fraction of sp³-hybridized carbons (Fsp3) is 0.455. The predicted octanol–water partition coefficient (Wildman–Crippen LogP) is 1.92. The van der Waals surface area contributed by atoms with Crippen molar-refractivity contribution in [3.8, 4) is 0 Å². The molecule has 0 bridgehead atoms. The molecule has 0 radical (unpaired) electrons. The molecule has 0 saturated carbocycles. The largest absolute Gasteiger partial charge is 0.478 e. The molecule has 17 heavy (non-hydrogen) atoms. The van der Waals surface area contributed by atoms with Gasteiger partial charge in [0, 0.05) is 6.04 Å². The van der Waals surface area contributed by atoms with E-state index in [9.17, 15) is 4.79 Å². The second-order valence-electron chi connectivity index (χ2n) is 3.79. The van der Waals surface area contributed by atoms with Gasteiger partial charge in [-0.1, -0.05) is 0 Å². The SMILES string of the molecule is CSCCC(C)Nc1cc(C(=O)O)c(N)cn1. The number of carboxylic acid groups (broad SMARTS) is 1. The summed E-state index contributed by atoms with van der Waals surface area (Å²) in [5, 5.41) is 12.1. The number of aromatic nitrogens is 1. The zero-order chi connectivity index (χ0) is 12.8. The van der Waals surface area contributed by atoms with Crippen molar-refractivity contribution in [3.05, 3.63) is 17.8 Å². The molecule has 0 spiro atoms. The van der Waals surface area contributed by atoms with Crippen LogP contribution in [0.2, 0.25) is 0 Å². The molecular weight excluding hydrogens is 238 g/mol. The zero-order valence-corrected chi connectivity index (χ0v) is 10.8. The summed E-state index contributed by atoms with van der Waals surface area (Å²) in [4.78, 5) is 15.0. The van der Waals surface area contributed by atoms with Crippen LogP contribution in [0.1, 0.15) is 23.7 Å². The number of hydrogen-bond acceptors (Lipinski definition) is 5. The van der Waals surface area contributed by atoms with Gasteiger partial charge in [-0.05, 0) is 31.4 Å². The number of nitrogens with two attached hydrogens (primary N) is 1. The van der Waals surface area contributed by atoms with Crippen LogP contribution in [-0.4, -0.2) is 34.1 Å². The van der Waals surface area contributed by atoms with Crippen molar-refractivity contribution in [1.82, 2.24) is 4.98 Å². The lowest BCUT2D eigenvalue weighted by atomic mass is 10.2. The first-order chi connectivity index (χ1) is 8.04. The summed E-state index contributed by atoms with van der Waals surface area (Å²) in [6.45, 7) is 2.04. The molecule has 0 aromatic carbocycles. The molecular formula is C11H17N3O2S. The van der Waals surface area contributed by atoms with Crippen LogP contribution in [-0.2, 0) is 0 Å². The molecule has 0 aliphatic carbocycles. The third kappa shape index (κ3) is 4.14. The normalized spacial score (nSPS) is 12.1. The number of carbonyl (C=O) groups is 1. The van der Waals surface area contributed by atoms with Crippen molar-refractivity contribution in [2.75, 3.05) is 23.1 Å². The summed E-state index contributed by atoms with van der Waals surface area (Å²) in [6.07, 6.45) is 4.42. The minimum absolute atomic E-state index is 0.0829. The Balaban J connectivity index is 2.72. The number of aromatic carboxylic acids is 1. The molecule has 1 unspecified atom stereocenters. The molecule has 4 N–H and O–H groups in total. The van der Waals surface area contributed by atoms with Gasteiger partial charge in [-0.25, -0.2) is 9.78 Å². The lowest BCUT2D eigenvalue weighted by Gasteiger charge is -2.14. The van der Waals surface area contributed by atoms with Crippen molar-refractivity contribution in [3.63, 3.8) is 0 Å². The molecule has 1 rings (SSSR count). The molecule has 0 saturated heterocycles. The number of anilines is 2. The number of nitrogen functional groups attached to an aromatic ring is 1. The van der Waals surface area contributed by atoms with Crippen molar-refractivity contribution in [2.45, 2.75) is 19.4 Å². The lowest BCUT2D eigenvalue weighted by molar-refractivity contribution is 0.0698. The Kier molecular flexibility index (Phi) is 5.09. The second-order valence-corrected chi connectivity index (χ2v) is 4.77. The van der Waals surface area contributed by atoms with Gasteiger partial charge in [0.2, 0.25) is 0 Å². The monoisotopic (exact) mass is 255 g/mol. The van der Waals surface area contributed by atoms with E-state index in [0.29, 0.717) is 5.82 Å². The lowest BCUT2D eigenvalue weighted by Crippen LogP contribution is -2.17. The van der Waals surface area contributed by atoms with Crippen LogP contribution in [0.15, 0.2) is 12.3 Å². The van der Waals surface area contributed by atoms with E-state index >= 15 is 0 Å². The van der Waals surface area contributed by atoms with Crippen LogP contribution in [0, 0.1) is 0 Å². The Labute approximate surface area is 105 Å². The average Bonchev–Trinajstić information content (AvgIpc) is 2.28. The number of pyridine rings is 1. The van der Waals surface area contributed by atoms with Crippen LogP contribution in [0.25, 0.3) is 0 Å². The Morgan fingerprint density at radius 1 is 1.71 bits per heavy atom. The maximum atomic E-state index is 10.9. The number of carboxylic acids is 1. The smallest absolute Gasteiger partial charge is 0.337 e. The molecule has 0 aliphatic rings. The summed E-state index contributed by atoms with van der Waals surface area (Å²) in [5.41, 5.74) is 5.79. The minimum atomic E-state index is -1.04. The van der Waals surface area contributed by atoms with Crippen molar-refractivity contribution in [2.24, 2.45) is 0 Å². The van der Waals surface area contributed by atoms with E-state index < -0.39 is 5.97 Å². The van der Waals surface area contributed by atoms with Crippen LogP contribution in [0.3, 0.4) is 0 Å². The highest BCUT2D eigenvalue weighted by Crippen LogP contribution is 2.16. The first-order valence-corrected chi connectivity index (χ1v) is 6.68. The minimum Gasteiger partial charge on any atom is -0.478 e. The van der Waals surface area contributed by atoms with Crippen LogP contribution in [0.5, 0.6) is 0 Å². The summed E-state index contributed by atoms with van der Waals surface area (Å²) in [7, 11) is 0. The molecule has 0 amide bonds. The molecule has 0 aliphatic heterocycles. The number of nitrogens with zero attached hydrogens (tertiary/aromatic N) is 1. The van der Waals surface area contributed by atoms with Crippen LogP contribution in [0.4, 0.5) is 11.5 Å². The Bertz CT molecular complexity index is 398. The topological polar surface area (TPSA) is 88.2 Å². The highest BCUT2D eigenvalue weighted by molar-refractivity contribution is 7.98. The fourth-order valence-electron chi connectivity index (χ4n) is 1.35. The number of thioether (sulfide) groups is 1. The van der Waals surface area contributed by atoms with E-state index in [1.54, 1.807) is 11.8 Å². The summed E-state index contributed by atoms with van der Waals surface area (Å²) >= 11 is 1.78. The van der Waals surface area contributed by atoms with Gasteiger partial charge in [0.1, 0.15) is 5.82 Å². The maximum absolute atomic E-state index is 10.9. The first-order valence-electron chi connectivity index (χ1n) is 5.29. The number of hydrogen-bond donors (Lipinski definition) is 3. The zero-order valence-electron chi connectivity index (χ0n) is 9.93. The third-order valence-corrected chi connectivity index (χ3v) is 2.96. The highest BCUT2D eigenvalue weighted by atomic mass is 32.2. The van der Waals surface area contributed by atoms with E-state index in [-0.39, 0.29) is 17.3 Å². The van der Waals surface area contributed by atoms with Crippen molar-refractivity contribution < 1.29 is 9.90 Å². The Morgan fingerprint density at radius 3 is 3.00 bits per heavy atom. The van der Waals surface area contributed by atoms with E-state index in [1.165, 1.54) is 12.3 Å². The first kappa shape index (κ1) is 13.6. The Morgan fingerprint density at radius 2 is 2.41 bits per heavy atom. The molecule has 1 heterocycles.